The van der Waals surface area contributed by atoms with E-state index in [1.807, 2.05) is 55.1 Å². The molecule has 7 aliphatic heterocycles. The van der Waals surface area contributed by atoms with Crippen molar-refractivity contribution in [1.82, 2.24) is 15.5 Å². The Hall–Kier alpha value is -5.78. The number of aryl methyl sites for hydroxylation is 1. The summed E-state index contributed by atoms with van der Waals surface area (Å²) in [6.45, 7) is 5.10. The number of carbonyl (C=O) groups is 3. The molecule has 0 saturated carbocycles. The zero-order valence-electron chi connectivity index (χ0n) is 35.3. The number of thioether (sulfide) groups is 1. The third-order valence-corrected chi connectivity index (χ3v) is 14.6. The molecule has 2 fully saturated rings. The number of fused-ring (bicyclic) bond motifs is 9. The van der Waals surface area contributed by atoms with Crippen molar-refractivity contribution in [3.05, 3.63) is 105 Å². The molecule has 16 heteroatoms. The first-order chi connectivity index (χ1) is 30.4. The number of phenolic OH excluding ortho intramolecular Hbond substituents is 1. The maximum absolute atomic E-state index is 15.0. The maximum Gasteiger partial charge on any atom is 0.336 e. The number of esters is 3. The molecule has 15 nitrogen and oxygen atoms in total. The quantitative estimate of drug-likeness (QED) is 0.115. The second-order valence-corrected chi connectivity index (χ2v) is 17.8. The molecule has 4 bridgehead atoms. The third-order valence-electron chi connectivity index (χ3n) is 13.2. The van der Waals surface area contributed by atoms with E-state index in [4.69, 9.17) is 33.2 Å². The number of rotatable bonds is 6. The molecule has 0 amide bonds. The number of benzene rings is 4. The van der Waals surface area contributed by atoms with Crippen molar-refractivity contribution < 1.29 is 57.8 Å². The highest BCUT2D eigenvalue weighted by atomic mass is 32.2. The smallest absolute Gasteiger partial charge is 0.336 e. The summed E-state index contributed by atoms with van der Waals surface area (Å²) in [6.07, 6.45) is 2.84. The van der Waals surface area contributed by atoms with Crippen LogP contribution in [-0.2, 0) is 37.5 Å². The molecule has 63 heavy (non-hydrogen) atoms. The van der Waals surface area contributed by atoms with Gasteiger partial charge in [-0.2, -0.15) is 0 Å². The summed E-state index contributed by atoms with van der Waals surface area (Å²) in [5.74, 6) is 0.361. The lowest BCUT2D eigenvalue weighted by molar-refractivity contribution is -0.164. The summed E-state index contributed by atoms with van der Waals surface area (Å²) in [4.78, 5) is 43.1. The lowest BCUT2D eigenvalue weighted by atomic mass is 9.74. The van der Waals surface area contributed by atoms with Gasteiger partial charge in [0, 0.05) is 53.6 Å². The van der Waals surface area contributed by atoms with Gasteiger partial charge in [0.15, 0.2) is 40.0 Å². The first-order valence-corrected chi connectivity index (χ1v) is 21.9. The van der Waals surface area contributed by atoms with Crippen LogP contribution in [0.5, 0.6) is 40.2 Å². The van der Waals surface area contributed by atoms with Crippen LogP contribution < -0.4 is 39.1 Å². The zero-order valence-corrected chi connectivity index (χ0v) is 36.1. The zero-order chi connectivity index (χ0) is 43.9. The largest absolute Gasteiger partial charge is 0.504 e. The fraction of sp³-hybridized carbons (Fsp3) is 0.383. The van der Waals surface area contributed by atoms with Gasteiger partial charge in [0.1, 0.15) is 18.6 Å². The first kappa shape index (κ1) is 41.2. The second-order valence-electron chi connectivity index (χ2n) is 16.6. The van der Waals surface area contributed by atoms with Crippen molar-refractivity contribution >= 4 is 35.7 Å². The molecule has 4 aromatic rings. The van der Waals surface area contributed by atoms with Crippen molar-refractivity contribution in [1.29, 1.82) is 0 Å². The summed E-state index contributed by atoms with van der Waals surface area (Å²) in [5, 5.41) is 31.1. The molecule has 7 atom stereocenters. The summed E-state index contributed by atoms with van der Waals surface area (Å²) < 4.78 is 42.2. The number of aliphatic hydroxyl groups excluding tert-OH is 1. The number of nitrogens with zero attached hydrogens (tertiary/aromatic N) is 1. The van der Waals surface area contributed by atoms with E-state index < -0.39 is 59.1 Å². The first-order valence-electron chi connectivity index (χ1n) is 20.9. The number of hydrogen-bond donors (Lipinski definition) is 4. The van der Waals surface area contributed by atoms with E-state index in [0.717, 1.165) is 22.3 Å². The fourth-order valence-electron chi connectivity index (χ4n) is 10.5. The molecule has 1 spiro atoms. The van der Waals surface area contributed by atoms with E-state index in [2.05, 4.69) is 10.6 Å². The van der Waals surface area contributed by atoms with Crippen LogP contribution in [0.15, 0.2) is 54.6 Å². The number of piperazine rings is 1. The molecule has 7 aliphatic rings. The van der Waals surface area contributed by atoms with Crippen LogP contribution in [0.1, 0.15) is 74.3 Å². The monoisotopic (exact) mass is 877 g/mol. The number of nitrogens with one attached hydrogen (secondary N) is 2. The SMILES string of the molecule is COc1cc2c(cc1OC(=O)/C=C/c1ccccc1)CCN[C@]21CS[C@@H]2c3c(OC(C)=O)c(C)c4c(c3[C@@H](COC1=O)N1C2[C@@H]2N[C@H](Cc3cc(C)c(OC)c(O)c32)[C@@H]1O)OCO4. The molecule has 4 aromatic carbocycles. The van der Waals surface area contributed by atoms with Crippen LogP contribution in [0.4, 0.5) is 0 Å². The predicted molar refractivity (Wildman–Crippen MR) is 229 cm³/mol. The van der Waals surface area contributed by atoms with Crippen molar-refractivity contribution in [3.8, 4) is 40.2 Å². The van der Waals surface area contributed by atoms with E-state index in [0.29, 0.717) is 70.2 Å². The third kappa shape index (κ3) is 6.52. The highest BCUT2D eigenvalue weighted by Crippen LogP contribution is 2.63. The Balaban J connectivity index is 1.12. The van der Waals surface area contributed by atoms with Gasteiger partial charge in [0.05, 0.1) is 37.6 Å². The summed E-state index contributed by atoms with van der Waals surface area (Å²) >= 11 is 1.44. The van der Waals surface area contributed by atoms with Crippen LogP contribution in [0, 0.1) is 13.8 Å². The summed E-state index contributed by atoms with van der Waals surface area (Å²) in [6, 6.07) is 12.4. The predicted octanol–water partition coefficient (Wildman–Crippen LogP) is 4.98. The Morgan fingerprint density at radius 2 is 1.75 bits per heavy atom. The maximum atomic E-state index is 15.0. The highest BCUT2D eigenvalue weighted by molar-refractivity contribution is 7.99. The number of aliphatic hydroxyl groups is 1. The lowest BCUT2D eigenvalue weighted by Gasteiger charge is -2.59. The van der Waals surface area contributed by atoms with Crippen LogP contribution in [0.2, 0.25) is 0 Å². The lowest BCUT2D eigenvalue weighted by Crippen LogP contribution is -2.69. The Bertz CT molecular complexity index is 2600. The van der Waals surface area contributed by atoms with Gasteiger partial charge < -0.3 is 48.7 Å². The standard InChI is InChI=1S/C47H47N3O12S/c1-22-15-27-16-29-45(54)50-30-19-58-46(55)47(28-18-31(56-4)32(17-26(28)13-14-48-47)62-33(52)12-11-25-9-7-6-8-10-25)20-63-44(38(50)37(49-29)34(27)39(53)40(22)57-5)36-35(30)43-42(59-21-60-43)23(2)41(36)61-24(3)51/h6-12,15,17-18,29-30,37-38,44-45,48-49,53-54H,13-14,16,19-21H2,1-5H3/b12-11+/t29-,30-,37-,38?,44-,45+,47-/m1/s1. The topological polar surface area (TPSA) is 184 Å². The van der Waals surface area contributed by atoms with Crippen molar-refractivity contribution in [2.75, 3.05) is 39.9 Å². The van der Waals surface area contributed by atoms with Gasteiger partial charge in [-0.1, -0.05) is 36.4 Å². The minimum atomic E-state index is -1.44. The van der Waals surface area contributed by atoms with Crippen molar-refractivity contribution in [2.24, 2.45) is 0 Å². The van der Waals surface area contributed by atoms with E-state index in [-0.39, 0.29) is 36.4 Å². The number of carbonyl (C=O) groups excluding carboxylic acids is 3. The molecule has 0 radical (unpaired) electrons. The van der Waals surface area contributed by atoms with Crippen molar-refractivity contribution in [3.63, 3.8) is 0 Å². The average Bonchev–Trinajstić information content (AvgIpc) is 3.77. The minimum Gasteiger partial charge on any atom is -0.504 e. The number of hydrogen-bond acceptors (Lipinski definition) is 16. The second kappa shape index (κ2) is 15.8. The number of aromatic hydroxyl groups is 1. The Kier molecular flexibility index (Phi) is 10.3. The molecule has 0 aliphatic carbocycles. The van der Waals surface area contributed by atoms with Crippen LogP contribution >= 0.6 is 11.8 Å². The molecule has 1 unspecified atom stereocenters. The summed E-state index contributed by atoms with van der Waals surface area (Å²) in [7, 11) is 2.99. The van der Waals surface area contributed by atoms with E-state index in [1.165, 1.54) is 39.0 Å². The normalized spacial score (nSPS) is 26.5. The van der Waals surface area contributed by atoms with Gasteiger partial charge in [0.2, 0.25) is 6.79 Å². The Morgan fingerprint density at radius 3 is 2.51 bits per heavy atom. The van der Waals surface area contributed by atoms with Crippen molar-refractivity contribution in [2.45, 2.75) is 74.8 Å². The van der Waals surface area contributed by atoms with Crippen LogP contribution in [-0.4, -0.2) is 91.2 Å². The van der Waals surface area contributed by atoms with Crippen LogP contribution in [0.3, 0.4) is 0 Å². The van der Waals surface area contributed by atoms with Gasteiger partial charge >= 0.3 is 17.9 Å². The number of ether oxygens (including phenoxy) is 7. The molecule has 11 rings (SSSR count). The Morgan fingerprint density at radius 1 is 0.952 bits per heavy atom. The number of phenols is 1. The molecular weight excluding hydrogens is 831 g/mol. The van der Waals surface area contributed by atoms with Gasteiger partial charge in [-0.3, -0.25) is 15.0 Å². The molecule has 7 heterocycles. The molecule has 4 N–H and O–H groups in total. The van der Waals surface area contributed by atoms with Crippen LogP contribution in [0.25, 0.3) is 6.08 Å². The number of methoxy groups -OCH3 is 2. The summed E-state index contributed by atoms with van der Waals surface area (Å²) in [5.41, 5.74) is 4.85. The molecule has 2 saturated heterocycles. The molecule has 328 valence electrons. The minimum absolute atomic E-state index is 0.00462. The fourth-order valence-corrected chi connectivity index (χ4v) is 12.2. The van der Waals surface area contributed by atoms with Gasteiger partial charge in [-0.15, -0.1) is 11.8 Å². The van der Waals surface area contributed by atoms with Gasteiger partial charge in [0.25, 0.3) is 0 Å². The van der Waals surface area contributed by atoms with E-state index >= 15 is 0 Å². The molecular formula is C47H47N3O12S. The average molecular weight is 878 g/mol. The molecule has 0 aromatic heterocycles. The van der Waals surface area contributed by atoms with E-state index in [1.54, 1.807) is 18.2 Å². The van der Waals surface area contributed by atoms with E-state index in [9.17, 15) is 24.6 Å². The van der Waals surface area contributed by atoms with Gasteiger partial charge in [-0.05, 0) is 72.7 Å². The highest BCUT2D eigenvalue weighted by Gasteiger charge is 2.60. The van der Waals surface area contributed by atoms with Gasteiger partial charge in [-0.25, -0.2) is 9.59 Å². The Labute approximate surface area is 367 Å².